The second-order valence-corrected chi connectivity index (χ2v) is 5.20. The van der Waals surface area contributed by atoms with Crippen molar-refractivity contribution in [2.24, 2.45) is 0 Å². The van der Waals surface area contributed by atoms with Gasteiger partial charge >= 0.3 is 0 Å². The van der Waals surface area contributed by atoms with Gasteiger partial charge in [0, 0.05) is 25.7 Å². The molecule has 0 radical (unpaired) electrons. The normalized spacial score (nSPS) is 21.1. The number of benzene rings is 1. The molecule has 1 saturated heterocycles. The SMILES string of the molecule is CN(Cc1ccccc1C1CC1)C1CNC1. The highest BCUT2D eigenvalue weighted by Gasteiger charge is 2.27. The smallest absolute Gasteiger partial charge is 0.0345 e. The average molecular weight is 216 g/mol. The van der Waals surface area contributed by atoms with Gasteiger partial charge in [0.15, 0.2) is 0 Å². The van der Waals surface area contributed by atoms with Crippen LogP contribution >= 0.6 is 0 Å². The van der Waals surface area contributed by atoms with Crippen molar-refractivity contribution in [3.05, 3.63) is 35.4 Å². The maximum atomic E-state index is 3.34. The van der Waals surface area contributed by atoms with E-state index in [0.717, 1.165) is 31.6 Å². The number of rotatable bonds is 4. The van der Waals surface area contributed by atoms with Crippen LogP contribution in [0.5, 0.6) is 0 Å². The van der Waals surface area contributed by atoms with Gasteiger partial charge in [0.05, 0.1) is 0 Å². The number of nitrogens with zero attached hydrogens (tertiary/aromatic N) is 1. The van der Waals surface area contributed by atoms with Crippen LogP contribution in [0.25, 0.3) is 0 Å². The maximum Gasteiger partial charge on any atom is 0.0345 e. The molecular formula is C14H20N2. The Hall–Kier alpha value is -0.860. The van der Waals surface area contributed by atoms with Crippen molar-refractivity contribution in [2.45, 2.75) is 31.3 Å². The Kier molecular flexibility index (Phi) is 2.70. The first-order valence-corrected chi connectivity index (χ1v) is 6.33. The summed E-state index contributed by atoms with van der Waals surface area (Å²) in [4.78, 5) is 2.48. The van der Waals surface area contributed by atoms with Crippen LogP contribution in [0.15, 0.2) is 24.3 Å². The molecule has 0 unspecified atom stereocenters. The molecule has 0 aromatic heterocycles. The first kappa shape index (κ1) is 10.3. The second-order valence-electron chi connectivity index (χ2n) is 5.20. The molecule has 1 aromatic carbocycles. The number of hydrogen-bond donors (Lipinski definition) is 1. The van der Waals surface area contributed by atoms with Crippen LogP contribution in [0.4, 0.5) is 0 Å². The lowest BCUT2D eigenvalue weighted by molar-refractivity contribution is 0.172. The van der Waals surface area contributed by atoms with Crippen molar-refractivity contribution in [1.29, 1.82) is 0 Å². The third-order valence-corrected chi connectivity index (χ3v) is 3.88. The van der Waals surface area contributed by atoms with Crippen LogP contribution in [-0.2, 0) is 6.54 Å². The van der Waals surface area contributed by atoms with E-state index in [2.05, 4.69) is 41.5 Å². The molecule has 0 bridgehead atoms. The van der Waals surface area contributed by atoms with Crippen molar-refractivity contribution >= 4 is 0 Å². The van der Waals surface area contributed by atoms with Gasteiger partial charge in [0.25, 0.3) is 0 Å². The lowest BCUT2D eigenvalue weighted by Crippen LogP contribution is -2.55. The van der Waals surface area contributed by atoms with Crippen LogP contribution in [0.3, 0.4) is 0 Å². The Balaban J connectivity index is 1.72. The minimum Gasteiger partial charge on any atom is -0.314 e. The Labute approximate surface area is 97.6 Å². The fourth-order valence-corrected chi connectivity index (χ4v) is 2.45. The van der Waals surface area contributed by atoms with Gasteiger partial charge in [0.2, 0.25) is 0 Å². The van der Waals surface area contributed by atoms with E-state index >= 15 is 0 Å². The fourth-order valence-electron chi connectivity index (χ4n) is 2.45. The zero-order chi connectivity index (χ0) is 11.0. The molecule has 0 amide bonds. The first-order valence-electron chi connectivity index (χ1n) is 6.33. The van der Waals surface area contributed by atoms with Gasteiger partial charge in [-0.15, -0.1) is 0 Å². The van der Waals surface area contributed by atoms with E-state index in [1.807, 2.05) is 0 Å². The summed E-state index contributed by atoms with van der Waals surface area (Å²) in [7, 11) is 2.25. The van der Waals surface area contributed by atoms with Gasteiger partial charge in [0.1, 0.15) is 0 Å². The lowest BCUT2D eigenvalue weighted by atomic mass is 10.0. The van der Waals surface area contributed by atoms with Gasteiger partial charge in [-0.1, -0.05) is 24.3 Å². The van der Waals surface area contributed by atoms with Gasteiger partial charge in [-0.3, -0.25) is 4.90 Å². The van der Waals surface area contributed by atoms with Crippen LogP contribution in [0.2, 0.25) is 0 Å². The summed E-state index contributed by atoms with van der Waals surface area (Å²) in [6, 6.07) is 9.72. The Morgan fingerprint density at radius 1 is 1.25 bits per heavy atom. The Morgan fingerprint density at radius 3 is 2.62 bits per heavy atom. The molecule has 2 nitrogen and oxygen atoms in total. The number of hydrogen-bond acceptors (Lipinski definition) is 2. The molecule has 1 saturated carbocycles. The molecule has 1 aromatic rings. The minimum absolute atomic E-state index is 0.743. The van der Waals surface area contributed by atoms with Gasteiger partial charge in [-0.25, -0.2) is 0 Å². The van der Waals surface area contributed by atoms with Crippen molar-refractivity contribution in [2.75, 3.05) is 20.1 Å². The van der Waals surface area contributed by atoms with Crippen LogP contribution < -0.4 is 5.32 Å². The van der Waals surface area contributed by atoms with E-state index in [9.17, 15) is 0 Å². The van der Waals surface area contributed by atoms with E-state index in [4.69, 9.17) is 0 Å². The molecule has 3 rings (SSSR count). The highest BCUT2D eigenvalue weighted by atomic mass is 15.2. The quantitative estimate of drug-likeness (QED) is 0.828. The molecule has 2 fully saturated rings. The molecule has 1 N–H and O–H groups in total. The van der Waals surface area contributed by atoms with E-state index in [1.165, 1.54) is 12.8 Å². The molecule has 1 aliphatic heterocycles. The zero-order valence-electron chi connectivity index (χ0n) is 9.95. The Bertz CT molecular complexity index is 367. The molecule has 0 spiro atoms. The van der Waals surface area contributed by atoms with Gasteiger partial charge in [-0.2, -0.15) is 0 Å². The van der Waals surface area contributed by atoms with E-state index < -0.39 is 0 Å². The summed E-state index contributed by atoms with van der Waals surface area (Å²) in [5.41, 5.74) is 3.14. The van der Waals surface area contributed by atoms with Crippen molar-refractivity contribution in [3.8, 4) is 0 Å². The predicted molar refractivity (Wildman–Crippen MR) is 66.5 cm³/mol. The summed E-state index contributed by atoms with van der Waals surface area (Å²) < 4.78 is 0. The maximum absolute atomic E-state index is 3.34. The molecule has 2 heteroatoms. The molecule has 1 aliphatic carbocycles. The summed E-state index contributed by atoms with van der Waals surface area (Å²) >= 11 is 0. The van der Waals surface area contributed by atoms with Crippen LogP contribution in [-0.4, -0.2) is 31.1 Å². The first-order chi connectivity index (χ1) is 7.84. The van der Waals surface area contributed by atoms with Crippen LogP contribution in [0.1, 0.15) is 29.9 Å². The Morgan fingerprint density at radius 2 is 2.00 bits per heavy atom. The summed E-state index contributed by atoms with van der Waals surface area (Å²) in [5, 5.41) is 3.34. The molecule has 86 valence electrons. The standard InChI is InChI=1S/C14H20N2/c1-16(13-8-15-9-13)10-12-4-2-3-5-14(12)11-6-7-11/h2-5,11,13,15H,6-10H2,1H3. The zero-order valence-corrected chi connectivity index (χ0v) is 9.95. The van der Waals surface area contributed by atoms with Gasteiger partial charge in [-0.05, 0) is 36.9 Å². The van der Waals surface area contributed by atoms with E-state index in [-0.39, 0.29) is 0 Å². The largest absolute Gasteiger partial charge is 0.314 e. The monoisotopic (exact) mass is 216 g/mol. The third-order valence-electron chi connectivity index (χ3n) is 3.88. The third kappa shape index (κ3) is 2.00. The highest BCUT2D eigenvalue weighted by Crippen LogP contribution is 2.41. The van der Waals surface area contributed by atoms with Crippen LogP contribution in [0, 0.1) is 0 Å². The van der Waals surface area contributed by atoms with Crippen molar-refractivity contribution in [1.82, 2.24) is 10.2 Å². The van der Waals surface area contributed by atoms with E-state index in [1.54, 1.807) is 11.1 Å². The fraction of sp³-hybridized carbons (Fsp3) is 0.571. The number of likely N-dealkylation sites (N-methyl/N-ethyl adjacent to an activating group) is 1. The molecule has 2 aliphatic rings. The minimum atomic E-state index is 0.743. The number of nitrogens with one attached hydrogen (secondary N) is 1. The second kappa shape index (κ2) is 4.19. The summed E-state index contributed by atoms with van der Waals surface area (Å²) in [6.45, 7) is 3.42. The molecule has 0 atom stereocenters. The molecule has 16 heavy (non-hydrogen) atoms. The molecule has 1 heterocycles. The van der Waals surface area contributed by atoms with Gasteiger partial charge < -0.3 is 5.32 Å². The van der Waals surface area contributed by atoms with E-state index in [0.29, 0.717) is 0 Å². The van der Waals surface area contributed by atoms with Crippen molar-refractivity contribution < 1.29 is 0 Å². The summed E-state index contributed by atoms with van der Waals surface area (Å²) in [6.07, 6.45) is 2.79. The van der Waals surface area contributed by atoms with Crippen molar-refractivity contribution in [3.63, 3.8) is 0 Å². The lowest BCUT2D eigenvalue weighted by Gasteiger charge is -2.36. The predicted octanol–water partition coefficient (Wildman–Crippen LogP) is 1.97. The topological polar surface area (TPSA) is 15.3 Å². The molecular weight excluding hydrogens is 196 g/mol. The average Bonchev–Trinajstić information content (AvgIpc) is 2.99. The summed E-state index contributed by atoms with van der Waals surface area (Å²) in [5.74, 6) is 0.865. The highest BCUT2D eigenvalue weighted by molar-refractivity contribution is 5.33.